The molecule has 0 radical (unpaired) electrons. The third-order valence-electron chi connectivity index (χ3n) is 3.98. The van der Waals surface area contributed by atoms with E-state index in [9.17, 15) is 14.0 Å². The fourth-order valence-electron chi connectivity index (χ4n) is 2.71. The molecule has 1 aliphatic rings. The van der Waals surface area contributed by atoms with Crippen LogP contribution in [0.3, 0.4) is 0 Å². The number of amides is 2. The number of hydrogen-bond donors (Lipinski definition) is 1. The zero-order valence-electron chi connectivity index (χ0n) is 13.1. The van der Waals surface area contributed by atoms with E-state index in [0.717, 1.165) is 4.88 Å². The first-order valence-electron chi connectivity index (χ1n) is 7.49. The zero-order chi connectivity index (χ0) is 17.1. The van der Waals surface area contributed by atoms with Crippen molar-refractivity contribution in [1.82, 2.24) is 10.2 Å². The molecule has 0 spiro atoms. The molecule has 2 aromatic rings. The van der Waals surface area contributed by atoms with E-state index in [1.54, 1.807) is 25.2 Å². The molecular formula is C17H17FN2O3S. The van der Waals surface area contributed by atoms with Gasteiger partial charge in [-0.15, -0.1) is 11.3 Å². The highest BCUT2D eigenvalue weighted by Crippen LogP contribution is 2.30. The predicted octanol–water partition coefficient (Wildman–Crippen LogP) is 2.10. The molecule has 1 aromatic carbocycles. The Labute approximate surface area is 143 Å². The van der Waals surface area contributed by atoms with Crippen LogP contribution < -0.4 is 5.32 Å². The van der Waals surface area contributed by atoms with Crippen LogP contribution in [-0.4, -0.2) is 36.5 Å². The van der Waals surface area contributed by atoms with Gasteiger partial charge in [0.05, 0.1) is 12.6 Å². The van der Waals surface area contributed by atoms with Crippen LogP contribution in [0.15, 0.2) is 41.8 Å². The van der Waals surface area contributed by atoms with E-state index >= 15 is 0 Å². The van der Waals surface area contributed by atoms with Crippen LogP contribution in [0.5, 0.6) is 0 Å². The molecular weight excluding hydrogens is 331 g/mol. The monoisotopic (exact) mass is 348 g/mol. The van der Waals surface area contributed by atoms with Gasteiger partial charge in [-0.25, -0.2) is 4.39 Å². The van der Waals surface area contributed by atoms with Crippen molar-refractivity contribution in [2.24, 2.45) is 0 Å². The number of nitrogens with one attached hydrogen (secondary N) is 1. The summed E-state index contributed by atoms with van der Waals surface area (Å²) in [5.74, 6) is -1.12. The number of carbonyl (C=O) groups is 2. The molecule has 0 aliphatic carbocycles. The molecule has 2 atom stereocenters. The van der Waals surface area contributed by atoms with Gasteiger partial charge in [-0.3, -0.25) is 9.59 Å². The van der Waals surface area contributed by atoms with E-state index in [0.29, 0.717) is 6.54 Å². The van der Waals surface area contributed by atoms with E-state index in [4.69, 9.17) is 4.74 Å². The van der Waals surface area contributed by atoms with E-state index in [2.05, 4.69) is 5.32 Å². The molecule has 126 valence electrons. The molecule has 24 heavy (non-hydrogen) atoms. The summed E-state index contributed by atoms with van der Waals surface area (Å²) in [7, 11) is 1.56. The molecule has 1 aromatic heterocycles. The average molecular weight is 348 g/mol. The lowest BCUT2D eigenvalue weighted by atomic mass is 9.97. The number of carbonyl (C=O) groups excluding carboxylic acids is 2. The van der Waals surface area contributed by atoms with Crippen LogP contribution in [0.2, 0.25) is 0 Å². The summed E-state index contributed by atoms with van der Waals surface area (Å²) in [6.45, 7) is 0.177. The minimum absolute atomic E-state index is 0.196. The van der Waals surface area contributed by atoms with Crippen LogP contribution in [-0.2, 0) is 20.9 Å². The topological polar surface area (TPSA) is 58.6 Å². The SMILES string of the molecule is CN1C(=O)CO[C@H](C(=O)NCc2cccs2)[C@@H]1c1ccccc1F. The summed E-state index contributed by atoms with van der Waals surface area (Å²) < 4.78 is 19.6. The van der Waals surface area contributed by atoms with E-state index in [-0.39, 0.29) is 24.0 Å². The Balaban J connectivity index is 1.82. The standard InChI is InChI=1S/C17H17FN2O3S/c1-20-14(21)10-23-16(15(20)12-6-2-3-7-13(12)18)17(22)19-9-11-5-4-8-24-11/h2-8,15-16H,9-10H2,1H3,(H,19,22)/t15-,16-/m0/s1. The summed E-state index contributed by atoms with van der Waals surface area (Å²) in [5, 5.41) is 4.72. The van der Waals surface area contributed by atoms with Gasteiger partial charge in [-0.1, -0.05) is 24.3 Å². The van der Waals surface area contributed by atoms with Gasteiger partial charge in [0, 0.05) is 17.5 Å². The van der Waals surface area contributed by atoms with Crippen LogP contribution in [0.25, 0.3) is 0 Å². The van der Waals surface area contributed by atoms with Gasteiger partial charge in [0.1, 0.15) is 12.4 Å². The third kappa shape index (κ3) is 3.32. The number of hydrogen-bond acceptors (Lipinski definition) is 4. The van der Waals surface area contributed by atoms with Gasteiger partial charge in [0.15, 0.2) is 6.10 Å². The molecule has 1 N–H and O–H groups in total. The van der Waals surface area contributed by atoms with Gasteiger partial charge >= 0.3 is 0 Å². The highest BCUT2D eigenvalue weighted by Gasteiger charge is 2.41. The number of benzene rings is 1. The molecule has 0 bridgehead atoms. The number of halogens is 1. The molecule has 5 nitrogen and oxygen atoms in total. The fourth-order valence-corrected chi connectivity index (χ4v) is 3.35. The summed E-state index contributed by atoms with van der Waals surface area (Å²) >= 11 is 1.53. The van der Waals surface area contributed by atoms with Gasteiger partial charge in [-0.05, 0) is 17.5 Å². The third-order valence-corrected chi connectivity index (χ3v) is 4.86. The highest BCUT2D eigenvalue weighted by atomic mass is 32.1. The molecule has 3 rings (SSSR count). The van der Waals surface area contributed by atoms with Crippen molar-refractivity contribution in [1.29, 1.82) is 0 Å². The maximum absolute atomic E-state index is 14.2. The first-order chi connectivity index (χ1) is 11.6. The minimum Gasteiger partial charge on any atom is -0.356 e. The number of ether oxygens (including phenoxy) is 1. The lowest BCUT2D eigenvalue weighted by Gasteiger charge is -2.38. The zero-order valence-corrected chi connectivity index (χ0v) is 13.9. The van der Waals surface area contributed by atoms with Crippen LogP contribution in [0.1, 0.15) is 16.5 Å². The summed E-state index contributed by atoms with van der Waals surface area (Å²) in [6.07, 6.45) is -0.954. The minimum atomic E-state index is -0.954. The van der Waals surface area contributed by atoms with Crippen molar-refractivity contribution in [3.8, 4) is 0 Å². The molecule has 2 amide bonds. The lowest BCUT2D eigenvalue weighted by Crippen LogP contribution is -2.53. The number of nitrogens with zero attached hydrogens (tertiary/aromatic N) is 1. The second-order valence-corrected chi connectivity index (χ2v) is 6.53. The van der Waals surface area contributed by atoms with Crippen molar-refractivity contribution < 1.29 is 18.7 Å². The molecule has 1 aliphatic heterocycles. The van der Waals surface area contributed by atoms with Crippen molar-refractivity contribution >= 4 is 23.2 Å². The van der Waals surface area contributed by atoms with Crippen molar-refractivity contribution in [3.05, 3.63) is 58.0 Å². The first kappa shape index (κ1) is 16.6. The normalized spacial score (nSPS) is 20.9. The van der Waals surface area contributed by atoms with Crippen LogP contribution >= 0.6 is 11.3 Å². The second kappa shape index (κ2) is 7.11. The Kier molecular flexibility index (Phi) is 4.92. The fraction of sp³-hybridized carbons (Fsp3) is 0.294. The highest BCUT2D eigenvalue weighted by molar-refractivity contribution is 7.09. The Morgan fingerprint density at radius 3 is 2.88 bits per heavy atom. The number of thiophene rings is 1. The Morgan fingerprint density at radius 2 is 2.17 bits per heavy atom. The number of rotatable bonds is 4. The molecule has 1 saturated heterocycles. The maximum atomic E-state index is 14.2. The Bertz CT molecular complexity index is 735. The Hall–Kier alpha value is -2.25. The van der Waals surface area contributed by atoms with E-state index in [1.165, 1.54) is 22.3 Å². The van der Waals surface area contributed by atoms with Gasteiger partial charge in [0.25, 0.3) is 5.91 Å². The predicted molar refractivity (Wildman–Crippen MR) is 87.8 cm³/mol. The molecule has 1 fully saturated rings. The second-order valence-electron chi connectivity index (χ2n) is 5.50. The summed E-state index contributed by atoms with van der Waals surface area (Å²) in [4.78, 5) is 26.9. The van der Waals surface area contributed by atoms with Crippen molar-refractivity contribution in [2.75, 3.05) is 13.7 Å². The number of likely N-dealkylation sites (N-methyl/N-ethyl adjacent to an activating group) is 1. The molecule has 0 saturated carbocycles. The van der Waals surface area contributed by atoms with Crippen molar-refractivity contribution in [2.45, 2.75) is 18.7 Å². The van der Waals surface area contributed by atoms with Crippen molar-refractivity contribution in [3.63, 3.8) is 0 Å². The molecule has 2 heterocycles. The number of morpholine rings is 1. The van der Waals surface area contributed by atoms with Gasteiger partial charge in [0.2, 0.25) is 5.91 Å². The summed E-state index contributed by atoms with van der Waals surface area (Å²) in [6, 6.07) is 9.13. The van der Waals surface area contributed by atoms with E-state index < -0.39 is 18.0 Å². The van der Waals surface area contributed by atoms with Gasteiger partial charge < -0.3 is 15.0 Å². The van der Waals surface area contributed by atoms with Gasteiger partial charge in [-0.2, -0.15) is 0 Å². The largest absolute Gasteiger partial charge is 0.356 e. The first-order valence-corrected chi connectivity index (χ1v) is 8.37. The molecule has 0 unspecified atom stereocenters. The Morgan fingerprint density at radius 1 is 1.38 bits per heavy atom. The lowest BCUT2D eigenvalue weighted by molar-refractivity contribution is -0.162. The quantitative estimate of drug-likeness (QED) is 0.921. The van der Waals surface area contributed by atoms with Crippen LogP contribution in [0, 0.1) is 5.82 Å². The molecule has 7 heteroatoms. The maximum Gasteiger partial charge on any atom is 0.251 e. The van der Waals surface area contributed by atoms with E-state index in [1.807, 2.05) is 17.5 Å². The smallest absolute Gasteiger partial charge is 0.251 e. The average Bonchev–Trinajstić information content (AvgIpc) is 3.09. The summed E-state index contributed by atoms with van der Waals surface area (Å²) in [5.41, 5.74) is 0.268. The van der Waals surface area contributed by atoms with Crippen LogP contribution in [0.4, 0.5) is 4.39 Å².